The summed E-state index contributed by atoms with van der Waals surface area (Å²) in [5, 5.41) is 4.80. The molecule has 90 valence electrons. The Morgan fingerprint density at radius 1 is 1.44 bits per heavy atom. The first-order valence-electron chi connectivity index (χ1n) is 5.52. The molecule has 0 amide bonds. The number of sulfone groups is 1. The summed E-state index contributed by atoms with van der Waals surface area (Å²) in [6.45, 7) is 2.03. The highest BCUT2D eigenvalue weighted by Crippen LogP contribution is 2.35. The molecule has 1 N–H and O–H groups in total. The van der Waals surface area contributed by atoms with E-state index in [9.17, 15) is 8.42 Å². The predicted molar refractivity (Wildman–Crippen MR) is 66.5 cm³/mol. The van der Waals surface area contributed by atoms with Gasteiger partial charge in [-0.15, -0.1) is 11.3 Å². The van der Waals surface area contributed by atoms with Gasteiger partial charge in [0.2, 0.25) is 0 Å². The smallest absolute Gasteiger partial charge is 0.190 e. The minimum atomic E-state index is -3.11. The predicted octanol–water partition coefficient (Wildman–Crippen LogP) is 1.91. The molecule has 2 rings (SSSR count). The Hall–Kier alpha value is -0.390. The molecule has 3 unspecified atom stereocenters. The average molecular weight is 259 g/mol. The molecule has 1 heterocycles. The summed E-state index contributed by atoms with van der Waals surface area (Å²) in [6.07, 6.45) is 1.72. The van der Waals surface area contributed by atoms with Gasteiger partial charge in [-0.3, -0.25) is 0 Å². The molecule has 3 nitrogen and oxygen atoms in total. The number of hydrogen-bond acceptors (Lipinski definition) is 4. The standard InChI is InChI=1S/C11H17NO2S2/c1-8-9(12-2)5-6-10(8)16(13,14)11-4-3-7-15-11/h3-4,7-10,12H,5-6H2,1-2H3. The van der Waals surface area contributed by atoms with Crippen LogP contribution in [-0.2, 0) is 9.84 Å². The summed E-state index contributed by atoms with van der Waals surface area (Å²) in [5.41, 5.74) is 0. The highest BCUT2D eigenvalue weighted by Gasteiger charge is 2.41. The van der Waals surface area contributed by atoms with Crippen molar-refractivity contribution < 1.29 is 8.42 Å². The highest BCUT2D eigenvalue weighted by molar-refractivity contribution is 7.94. The van der Waals surface area contributed by atoms with Crippen LogP contribution in [0.2, 0.25) is 0 Å². The van der Waals surface area contributed by atoms with Crippen LogP contribution in [0, 0.1) is 5.92 Å². The van der Waals surface area contributed by atoms with Gasteiger partial charge < -0.3 is 5.32 Å². The van der Waals surface area contributed by atoms with E-state index in [0.29, 0.717) is 10.3 Å². The van der Waals surface area contributed by atoms with Gasteiger partial charge in [-0.05, 0) is 37.3 Å². The normalized spacial score (nSPS) is 30.8. The van der Waals surface area contributed by atoms with E-state index in [0.717, 1.165) is 12.8 Å². The zero-order valence-corrected chi connectivity index (χ0v) is 11.1. The quantitative estimate of drug-likeness (QED) is 0.902. The van der Waals surface area contributed by atoms with Gasteiger partial charge in [0.1, 0.15) is 4.21 Å². The van der Waals surface area contributed by atoms with Gasteiger partial charge in [0.15, 0.2) is 9.84 Å². The Balaban J connectivity index is 2.27. The lowest BCUT2D eigenvalue weighted by Gasteiger charge is -2.19. The second-order valence-corrected chi connectivity index (χ2v) is 7.69. The van der Waals surface area contributed by atoms with Gasteiger partial charge >= 0.3 is 0 Å². The molecule has 1 aromatic rings. The first-order chi connectivity index (χ1) is 7.57. The van der Waals surface area contributed by atoms with E-state index < -0.39 is 9.84 Å². The van der Waals surface area contributed by atoms with Crippen LogP contribution in [0.5, 0.6) is 0 Å². The second kappa shape index (κ2) is 4.47. The van der Waals surface area contributed by atoms with E-state index in [2.05, 4.69) is 5.32 Å². The summed E-state index contributed by atoms with van der Waals surface area (Å²) < 4.78 is 25.2. The van der Waals surface area contributed by atoms with Crippen LogP contribution in [0.3, 0.4) is 0 Å². The van der Waals surface area contributed by atoms with E-state index in [1.807, 2.05) is 19.4 Å². The molecule has 1 saturated carbocycles. The van der Waals surface area contributed by atoms with Crippen LogP contribution in [0.4, 0.5) is 0 Å². The molecular weight excluding hydrogens is 242 g/mol. The Kier molecular flexibility index (Phi) is 3.37. The van der Waals surface area contributed by atoms with Crippen molar-refractivity contribution in [3.8, 4) is 0 Å². The van der Waals surface area contributed by atoms with E-state index in [-0.39, 0.29) is 11.2 Å². The number of hydrogen-bond donors (Lipinski definition) is 1. The van der Waals surface area contributed by atoms with Crippen LogP contribution in [-0.4, -0.2) is 26.8 Å². The Morgan fingerprint density at radius 2 is 2.19 bits per heavy atom. The number of nitrogens with one attached hydrogen (secondary N) is 1. The van der Waals surface area contributed by atoms with Crippen molar-refractivity contribution in [2.45, 2.75) is 35.3 Å². The molecular formula is C11H17NO2S2. The molecule has 1 aliphatic carbocycles. The van der Waals surface area contributed by atoms with Crippen molar-refractivity contribution in [2.75, 3.05) is 7.05 Å². The fourth-order valence-corrected chi connectivity index (χ4v) is 5.84. The minimum absolute atomic E-state index is 0.192. The molecule has 1 fully saturated rings. The maximum absolute atomic E-state index is 12.4. The van der Waals surface area contributed by atoms with Crippen molar-refractivity contribution in [3.05, 3.63) is 17.5 Å². The van der Waals surface area contributed by atoms with Gasteiger partial charge in [0.25, 0.3) is 0 Å². The summed E-state index contributed by atoms with van der Waals surface area (Å²) >= 11 is 1.32. The first-order valence-corrected chi connectivity index (χ1v) is 7.94. The van der Waals surface area contributed by atoms with E-state index >= 15 is 0 Å². The van der Waals surface area contributed by atoms with Gasteiger partial charge in [0, 0.05) is 6.04 Å². The van der Waals surface area contributed by atoms with E-state index in [4.69, 9.17) is 0 Å². The van der Waals surface area contributed by atoms with Crippen LogP contribution in [0.25, 0.3) is 0 Å². The Morgan fingerprint density at radius 3 is 2.69 bits per heavy atom. The maximum atomic E-state index is 12.4. The summed E-state index contributed by atoms with van der Waals surface area (Å²) in [7, 11) is -1.20. The molecule has 0 spiro atoms. The Bertz CT molecular complexity index is 439. The zero-order valence-electron chi connectivity index (χ0n) is 9.51. The van der Waals surface area contributed by atoms with Crippen LogP contribution >= 0.6 is 11.3 Å². The summed E-state index contributed by atoms with van der Waals surface area (Å²) in [5.74, 6) is 0.192. The maximum Gasteiger partial charge on any atom is 0.190 e. The molecule has 5 heteroatoms. The summed E-state index contributed by atoms with van der Waals surface area (Å²) in [4.78, 5) is 0. The lowest BCUT2D eigenvalue weighted by atomic mass is 10.1. The van der Waals surface area contributed by atoms with Crippen LogP contribution in [0.1, 0.15) is 19.8 Å². The zero-order chi connectivity index (χ0) is 11.8. The molecule has 0 bridgehead atoms. The fourth-order valence-electron chi connectivity index (χ4n) is 2.55. The second-order valence-electron chi connectivity index (χ2n) is 4.35. The molecule has 0 radical (unpaired) electrons. The lowest BCUT2D eigenvalue weighted by molar-refractivity contribution is 0.453. The lowest BCUT2D eigenvalue weighted by Crippen LogP contribution is -2.34. The molecule has 0 aromatic carbocycles. The van der Waals surface area contributed by atoms with Crippen molar-refractivity contribution in [1.82, 2.24) is 5.32 Å². The third kappa shape index (κ3) is 1.92. The summed E-state index contributed by atoms with van der Waals surface area (Å²) in [6, 6.07) is 3.84. The van der Waals surface area contributed by atoms with Gasteiger partial charge in [0.05, 0.1) is 5.25 Å². The SMILES string of the molecule is CNC1CCC(S(=O)(=O)c2cccs2)C1C. The third-order valence-electron chi connectivity index (χ3n) is 3.53. The Labute approximate surface area is 101 Å². The molecule has 16 heavy (non-hydrogen) atoms. The topological polar surface area (TPSA) is 46.2 Å². The highest BCUT2D eigenvalue weighted by atomic mass is 32.2. The largest absolute Gasteiger partial charge is 0.317 e. The molecule has 1 aromatic heterocycles. The van der Waals surface area contributed by atoms with Crippen molar-refractivity contribution >= 4 is 21.2 Å². The van der Waals surface area contributed by atoms with Gasteiger partial charge in [-0.25, -0.2) is 8.42 Å². The molecule has 3 atom stereocenters. The molecule has 0 saturated heterocycles. The van der Waals surface area contributed by atoms with Gasteiger partial charge in [-0.1, -0.05) is 13.0 Å². The third-order valence-corrected chi connectivity index (χ3v) is 7.33. The van der Waals surface area contributed by atoms with E-state index in [1.165, 1.54) is 11.3 Å². The molecule has 0 aliphatic heterocycles. The van der Waals surface area contributed by atoms with Gasteiger partial charge in [-0.2, -0.15) is 0 Å². The monoisotopic (exact) mass is 259 g/mol. The van der Waals surface area contributed by atoms with Crippen molar-refractivity contribution in [2.24, 2.45) is 5.92 Å². The number of thiophene rings is 1. The first kappa shape index (κ1) is 12.1. The van der Waals surface area contributed by atoms with Crippen molar-refractivity contribution in [1.29, 1.82) is 0 Å². The van der Waals surface area contributed by atoms with Crippen LogP contribution < -0.4 is 5.32 Å². The van der Waals surface area contributed by atoms with E-state index in [1.54, 1.807) is 12.1 Å². The van der Waals surface area contributed by atoms with Crippen LogP contribution in [0.15, 0.2) is 21.7 Å². The minimum Gasteiger partial charge on any atom is -0.317 e. The average Bonchev–Trinajstić information content (AvgIpc) is 2.85. The molecule has 1 aliphatic rings. The number of rotatable bonds is 3. The fraction of sp³-hybridized carbons (Fsp3) is 0.636. The van der Waals surface area contributed by atoms with Crippen molar-refractivity contribution in [3.63, 3.8) is 0 Å².